The van der Waals surface area contributed by atoms with Crippen molar-refractivity contribution < 1.29 is 71.1 Å². The summed E-state index contributed by atoms with van der Waals surface area (Å²) in [6, 6.07) is 0. The first kappa shape index (κ1) is 22.7. The fraction of sp³-hybridized carbons (Fsp3) is 0. The van der Waals surface area contributed by atoms with E-state index in [1.165, 1.54) is 0 Å². The van der Waals surface area contributed by atoms with Gasteiger partial charge in [0.25, 0.3) is 0 Å². The molecule has 0 spiro atoms. The van der Waals surface area contributed by atoms with Gasteiger partial charge in [0.15, 0.2) is 0 Å². The van der Waals surface area contributed by atoms with Gasteiger partial charge in [0.2, 0.25) is 0 Å². The minimum absolute atomic E-state index is 0. The van der Waals surface area contributed by atoms with Gasteiger partial charge in [-0.2, -0.15) is 8.42 Å². The molecule has 0 heterocycles. The van der Waals surface area contributed by atoms with E-state index in [2.05, 4.69) is 0 Å². The molecule has 0 aliphatic rings. The molecule has 4 nitrogen and oxygen atoms in total. The van der Waals surface area contributed by atoms with Crippen LogP contribution in [-0.4, -0.2) is 17.5 Å². The molecule has 0 aromatic heterocycles. The molecule has 0 saturated heterocycles. The molecule has 0 saturated carbocycles. The van der Waals surface area contributed by atoms with E-state index in [0.717, 1.165) is 0 Å². The van der Waals surface area contributed by atoms with E-state index in [4.69, 9.17) is 17.5 Å². The Morgan fingerprint density at radius 1 is 1.12 bits per heavy atom. The van der Waals surface area contributed by atoms with Crippen LogP contribution in [0.3, 0.4) is 0 Å². The molecule has 0 amide bonds. The van der Waals surface area contributed by atoms with Crippen molar-refractivity contribution >= 4 is 10.4 Å². The summed E-state index contributed by atoms with van der Waals surface area (Å²) >= 11 is 0. The molecule has 0 unspecified atom stereocenters. The molecule has 0 rings (SSSR count). The van der Waals surface area contributed by atoms with Crippen LogP contribution in [-0.2, 0) is 64.0 Å². The first-order valence-electron chi connectivity index (χ1n) is 0.698. The Morgan fingerprint density at radius 2 is 1.12 bits per heavy atom. The maximum atomic E-state index is 8.74. The first-order chi connectivity index (χ1) is 2.00. The minimum Gasteiger partial charge on any atom is -0.264 e. The standard InChI is InChI=1S/Cu.Fe.H2O4S.Zn/c;;1-5(2,3)4;/h;;(H2,1,2,3,4);. The quantitative estimate of drug-likeness (QED) is 0.457. The number of hydrogen-bond acceptors (Lipinski definition) is 2. The smallest absolute Gasteiger partial charge is 0.264 e. The SMILES string of the molecule is O=S(=O)(O)O.[Cu].[Fe].[Zn]. The van der Waals surface area contributed by atoms with Crippen molar-refractivity contribution in [3.05, 3.63) is 0 Å². The third kappa shape index (κ3) is 137. The average molecular weight is 283 g/mol. The van der Waals surface area contributed by atoms with E-state index < -0.39 is 10.4 Å². The van der Waals surface area contributed by atoms with Crippen LogP contribution < -0.4 is 0 Å². The maximum absolute atomic E-state index is 8.74. The van der Waals surface area contributed by atoms with Gasteiger partial charge < -0.3 is 0 Å². The van der Waals surface area contributed by atoms with Crippen LogP contribution in [0, 0.1) is 0 Å². The molecule has 0 fully saturated rings. The minimum atomic E-state index is -4.67. The van der Waals surface area contributed by atoms with Crippen LogP contribution in [0.25, 0.3) is 0 Å². The van der Waals surface area contributed by atoms with E-state index in [1.807, 2.05) is 0 Å². The summed E-state index contributed by atoms with van der Waals surface area (Å²) in [5.74, 6) is 0. The molecule has 1 radical (unpaired) electrons. The van der Waals surface area contributed by atoms with Gasteiger partial charge in [0.05, 0.1) is 0 Å². The van der Waals surface area contributed by atoms with E-state index >= 15 is 0 Å². The molecule has 53 valence electrons. The molecule has 0 aliphatic carbocycles. The first-order valence-corrected chi connectivity index (χ1v) is 2.10. The Kier molecular flexibility index (Phi) is 24.2. The molecular weight excluding hydrogens is 281 g/mol. The van der Waals surface area contributed by atoms with Gasteiger partial charge in [0.1, 0.15) is 0 Å². The monoisotopic (exact) mass is 281 g/mol. The van der Waals surface area contributed by atoms with E-state index in [-0.39, 0.29) is 53.6 Å². The van der Waals surface area contributed by atoms with Crippen LogP contribution >= 0.6 is 0 Å². The molecular formula is H2CuFeO4SZn. The van der Waals surface area contributed by atoms with Crippen molar-refractivity contribution in [3.8, 4) is 0 Å². The Labute approximate surface area is 81.1 Å². The third-order valence-electron chi connectivity index (χ3n) is 0. The summed E-state index contributed by atoms with van der Waals surface area (Å²) in [6.45, 7) is 0. The van der Waals surface area contributed by atoms with Gasteiger partial charge in [-0.25, -0.2) is 0 Å². The van der Waals surface area contributed by atoms with Crippen molar-refractivity contribution in [1.82, 2.24) is 0 Å². The summed E-state index contributed by atoms with van der Waals surface area (Å²) in [6.07, 6.45) is 0. The zero-order valence-corrected chi connectivity index (χ0v) is 9.31. The second kappa shape index (κ2) is 8.53. The molecule has 0 aromatic carbocycles. The Morgan fingerprint density at radius 3 is 1.12 bits per heavy atom. The zero-order chi connectivity index (χ0) is 4.50. The third-order valence-corrected chi connectivity index (χ3v) is 0. The predicted octanol–water partition coefficient (Wildman–Crippen LogP) is -0.660. The zero-order valence-electron chi connectivity index (χ0n) is 3.48. The molecule has 8 heteroatoms. The van der Waals surface area contributed by atoms with Crippen molar-refractivity contribution in [2.45, 2.75) is 0 Å². The summed E-state index contributed by atoms with van der Waals surface area (Å²) in [5, 5.41) is 0. The van der Waals surface area contributed by atoms with Crippen LogP contribution in [0.15, 0.2) is 0 Å². The van der Waals surface area contributed by atoms with Crippen molar-refractivity contribution in [2.75, 3.05) is 0 Å². The summed E-state index contributed by atoms with van der Waals surface area (Å²) < 4.78 is 31.6. The Hall–Kier alpha value is 1.53. The van der Waals surface area contributed by atoms with Gasteiger partial charge in [-0.3, -0.25) is 9.11 Å². The van der Waals surface area contributed by atoms with Crippen molar-refractivity contribution in [1.29, 1.82) is 0 Å². The van der Waals surface area contributed by atoms with Gasteiger partial charge in [-0.1, -0.05) is 0 Å². The van der Waals surface area contributed by atoms with E-state index in [9.17, 15) is 0 Å². The van der Waals surface area contributed by atoms with Gasteiger partial charge in [-0.15, -0.1) is 0 Å². The summed E-state index contributed by atoms with van der Waals surface area (Å²) in [4.78, 5) is 0. The van der Waals surface area contributed by atoms with Crippen LogP contribution in [0.5, 0.6) is 0 Å². The largest absolute Gasteiger partial charge is 0.394 e. The maximum Gasteiger partial charge on any atom is 0.394 e. The molecule has 0 atom stereocenters. The fourth-order valence-corrected chi connectivity index (χ4v) is 0. The normalized spacial score (nSPS) is 7.25. The van der Waals surface area contributed by atoms with Crippen LogP contribution in [0.2, 0.25) is 0 Å². The summed E-state index contributed by atoms with van der Waals surface area (Å²) in [5.41, 5.74) is 0. The number of rotatable bonds is 0. The van der Waals surface area contributed by atoms with E-state index in [0.29, 0.717) is 0 Å². The van der Waals surface area contributed by atoms with Crippen LogP contribution in [0.4, 0.5) is 0 Å². The molecule has 0 aliphatic heterocycles. The second-order valence-corrected chi connectivity index (χ2v) is 1.34. The predicted molar refractivity (Wildman–Crippen MR) is 14.2 cm³/mol. The van der Waals surface area contributed by atoms with Crippen molar-refractivity contribution in [2.24, 2.45) is 0 Å². The van der Waals surface area contributed by atoms with E-state index in [1.54, 1.807) is 0 Å². The molecule has 0 aromatic rings. The van der Waals surface area contributed by atoms with Gasteiger partial charge in [-0.05, 0) is 0 Å². The van der Waals surface area contributed by atoms with Crippen molar-refractivity contribution in [3.63, 3.8) is 0 Å². The van der Waals surface area contributed by atoms with Gasteiger partial charge >= 0.3 is 10.4 Å². The molecule has 2 N–H and O–H groups in total. The molecule has 0 bridgehead atoms. The van der Waals surface area contributed by atoms with Gasteiger partial charge in [0, 0.05) is 53.6 Å². The summed E-state index contributed by atoms with van der Waals surface area (Å²) in [7, 11) is -4.67. The fourth-order valence-electron chi connectivity index (χ4n) is 0. The van der Waals surface area contributed by atoms with Crippen LogP contribution in [0.1, 0.15) is 0 Å². The Bertz CT molecular complexity index is 99.2. The average Bonchev–Trinajstić information content (AvgIpc) is 0.722. The topological polar surface area (TPSA) is 74.6 Å². The Balaban J connectivity index is -0.0000000267. The number of hydrogen-bond donors (Lipinski definition) is 2. The second-order valence-electron chi connectivity index (χ2n) is 0.448. The molecule has 8 heavy (non-hydrogen) atoms.